The molecule has 0 bridgehead atoms. The predicted octanol–water partition coefficient (Wildman–Crippen LogP) is 2.56. The number of nitro benzene ring substituents is 1. The van der Waals surface area contributed by atoms with Crippen molar-refractivity contribution >= 4 is 11.4 Å². The first-order valence-electron chi connectivity index (χ1n) is 6.09. The van der Waals surface area contributed by atoms with Crippen LogP contribution in [0.3, 0.4) is 0 Å². The molecular formula is C13H20N2O4. The fraction of sp³-hybridized carbons (Fsp3) is 0.538. The molecule has 0 aliphatic rings. The first-order chi connectivity index (χ1) is 8.75. The second kappa shape index (κ2) is 5.88. The third-order valence-electron chi connectivity index (χ3n) is 2.40. The van der Waals surface area contributed by atoms with Gasteiger partial charge in [-0.2, -0.15) is 0 Å². The summed E-state index contributed by atoms with van der Waals surface area (Å²) in [5, 5.41) is 23.2. The summed E-state index contributed by atoms with van der Waals surface area (Å²) in [4.78, 5) is 10.4. The van der Waals surface area contributed by atoms with Crippen molar-refractivity contribution < 1.29 is 14.8 Å². The molecule has 0 aromatic heterocycles. The number of rotatable bonds is 6. The van der Waals surface area contributed by atoms with Gasteiger partial charge in [0, 0.05) is 17.8 Å². The molecule has 6 nitrogen and oxygen atoms in total. The number of hydrogen-bond donors (Lipinski definition) is 2. The van der Waals surface area contributed by atoms with Crippen molar-refractivity contribution in [3.63, 3.8) is 0 Å². The van der Waals surface area contributed by atoms with E-state index >= 15 is 0 Å². The van der Waals surface area contributed by atoms with Gasteiger partial charge in [0.2, 0.25) is 0 Å². The van der Waals surface area contributed by atoms with E-state index in [0.29, 0.717) is 5.69 Å². The van der Waals surface area contributed by atoms with Crippen LogP contribution >= 0.6 is 0 Å². The summed E-state index contributed by atoms with van der Waals surface area (Å²) in [6.45, 7) is 7.22. The number of aliphatic hydroxyl groups excluding tert-OH is 1. The number of nitro groups is 1. The van der Waals surface area contributed by atoms with Crippen molar-refractivity contribution in [2.24, 2.45) is 0 Å². The van der Waals surface area contributed by atoms with E-state index in [-0.39, 0.29) is 24.1 Å². The van der Waals surface area contributed by atoms with Crippen molar-refractivity contribution in [1.82, 2.24) is 0 Å². The Kier molecular flexibility index (Phi) is 4.72. The van der Waals surface area contributed by atoms with E-state index in [1.165, 1.54) is 6.07 Å². The molecule has 0 fully saturated rings. The largest absolute Gasteiger partial charge is 0.484 e. The lowest BCUT2D eigenvalue weighted by Gasteiger charge is -2.25. The molecule has 0 atom stereocenters. The second-order valence-electron chi connectivity index (χ2n) is 5.27. The molecular weight excluding hydrogens is 248 g/mol. The summed E-state index contributed by atoms with van der Waals surface area (Å²) < 4.78 is 5.45. The van der Waals surface area contributed by atoms with Crippen LogP contribution in [0, 0.1) is 10.1 Å². The lowest BCUT2D eigenvalue weighted by atomic mass is 10.1. The maximum absolute atomic E-state index is 10.9. The SMILES string of the molecule is CC(C)Oc1cc(NC(C)(C)CO)ccc1[N+](=O)[O-]. The molecule has 1 rings (SSSR count). The van der Waals surface area contributed by atoms with E-state index in [2.05, 4.69) is 5.32 Å². The van der Waals surface area contributed by atoms with Crippen LogP contribution in [0.15, 0.2) is 18.2 Å². The van der Waals surface area contributed by atoms with Crippen LogP contribution in [0.2, 0.25) is 0 Å². The topological polar surface area (TPSA) is 84.6 Å². The van der Waals surface area contributed by atoms with Gasteiger partial charge in [-0.25, -0.2) is 0 Å². The molecule has 0 spiro atoms. The zero-order valence-corrected chi connectivity index (χ0v) is 11.6. The van der Waals surface area contributed by atoms with Crippen LogP contribution in [-0.2, 0) is 0 Å². The number of nitrogens with one attached hydrogen (secondary N) is 1. The van der Waals surface area contributed by atoms with Crippen LogP contribution in [0.25, 0.3) is 0 Å². The Morgan fingerprint density at radius 2 is 2.11 bits per heavy atom. The lowest BCUT2D eigenvalue weighted by Crippen LogP contribution is -2.34. The van der Waals surface area contributed by atoms with E-state index in [1.54, 1.807) is 12.1 Å². The number of aliphatic hydroxyl groups is 1. The van der Waals surface area contributed by atoms with Crippen LogP contribution in [0.4, 0.5) is 11.4 Å². The predicted molar refractivity (Wildman–Crippen MR) is 73.6 cm³/mol. The number of anilines is 1. The van der Waals surface area contributed by atoms with Crippen LogP contribution in [0.1, 0.15) is 27.7 Å². The third kappa shape index (κ3) is 4.40. The third-order valence-corrected chi connectivity index (χ3v) is 2.40. The summed E-state index contributed by atoms with van der Waals surface area (Å²) in [5.41, 5.74) is 0.0898. The summed E-state index contributed by atoms with van der Waals surface area (Å²) in [6.07, 6.45) is -0.153. The molecule has 0 amide bonds. The molecule has 1 aromatic rings. The first-order valence-corrected chi connectivity index (χ1v) is 6.09. The second-order valence-corrected chi connectivity index (χ2v) is 5.27. The Morgan fingerprint density at radius 3 is 2.58 bits per heavy atom. The fourth-order valence-corrected chi connectivity index (χ4v) is 1.52. The van der Waals surface area contributed by atoms with Crippen molar-refractivity contribution in [2.75, 3.05) is 11.9 Å². The highest BCUT2D eigenvalue weighted by Crippen LogP contribution is 2.31. The molecule has 0 unspecified atom stereocenters. The van der Waals surface area contributed by atoms with Gasteiger partial charge < -0.3 is 15.2 Å². The van der Waals surface area contributed by atoms with Gasteiger partial charge in [-0.15, -0.1) is 0 Å². The van der Waals surface area contributed by atoms with Gasteiger partial charge in [0.05, 0.1) is 23.2 Å². The molecule has 0 heterocycles. The molecule has 2 N–H and O–H groups in total. The Bertz CT molecular complexity index is 458. The van der Waals surface area contributed by atoms with Crippen molar-refractivity contribution in [2.45, 2.75) is 39.3 Å². The maximum atomic E-state index is 10.9. The maximum Gasteiger partial charge on any atom is 0.311 e. The van der Waals surface area contributed by atoms with Crippen molar-refractivity contribution in [3.05, 3.63) is 28.3 Å². The van der Waals surface area contributed by atoms with Crippen LogP contribution in [-0.4, -0.2) is 28.3 Å². The lowest BCUT2D eigenvalue weighted by molar-refractivity contribution is -0.386. The van der Waals surface area contributed by atoms with Gasteiger partial charge >= 0.3 is 5.69 Å². The minimum absolute atomic E-state index is 0.0512. The highest BCUT2D eigenvalue weighted by molar-refractivity contribution is 5.58. The smallest absolute Gasteiger partial charge is 0.311 e. The monoisotopic (exact) mass is 268 g/mol. The molecule has 19 heavy (non-hydrogen) atoms. The van der Waals surface area contributed by atoms with Gasteiger partial charge in [0.25, 0.3) is 0 Å². The number of hydrogen-bond acceptors (Lipinski definition) is 5. The molecule has 0 saturated heterocycles. The average Bonchev–Trinajstić information content (AvgIpc) is 2.27. The van der Waals surface area contributed by atoms with E-state index in [1.807, 2.05) is 27.7 Å². The minimum Gasteiger partial charge on any atom is -0.484 e. The van der Waals surface area contributed by atoms with Crippen molar-refractivity contribution in [3.8, 4) is 5.75 Å². The minimum atomic E-state index is -0.509. The zero-order chi connectivity index (χ0) is 14.6. The fourth-order valence-electron chi connectivity index (χ4n) is 1.52. The van der Waals surface area contributed by atoms with Gasteiger partial charge in [-0.05, 0) is 33.8 Å². The van der Waals surface area contributed by atoms with E-state index in [0.717, 1.165) is 0 Å². The van der Waals surface area contributed by atoms with Crippen LogP contribution in [0.5, 0.6) is 5.75 Å². The molecule has 0 aliphatic heterocycles. The van der Waals surface area contributed by atoms with Crippen molar-refractivity contribution in [1.29, 1.82) is 0 Å². The van der Waals surface area contributed by atoms with E-state index in [9.17, 15) is 15.2 Å². The number of ether oxygens (including phenoxy) is 1. The van der Waals surface area contributed by atoms with E-state index in [4.69, 9.17) is 4.74 Å². The molecule has 0 radical (unpaired) electrons. The Morgan fingerprint density at radius 1 is 1.47 bits per heavy atom. The highest BCUT2D eigenvalue weighted by Gasteiger charge is 2.20. The Hall–Kier alpha value is -1.82. The Labute approximate surface area is 112 Å². The zero-order valence-electron chi connectivity index (χ0n) is 11.6. The summed E-state index contributed by atoms with van der Waals surface area (Å²) in [5.74, 6) is 0.221. The van der Waals surface area contributed by atoms with Crippen LogP contribution < -0.4 is 10.1 Å². The summed E-state index contributed by atoms with van der Waals surface area (Å²) >= 11 is 0. The molecule has 0 saturated carbocycles. The normalized spacial score (nSPS) is 11.5. The van der Waals surface area contributed by atoms with Gasteiger partial charge in [0.15, 0.2) is 5.75 Å². The molecule has 106 valence electrons. The van der Waals surface area contributed by atoms with E-state index < -0.39 is 10.5 Å². The summed E-state index contributed by atoms with van der Waals surface area (Å²) in [6, 6.07) is 4.58. The Balaban J connectivity index is 3.07. The standard InChI is InChI=1S/C13H20N2O4/c1-9(2)19-12-7-10(14-13(3,4)8-16)5-6-11(12)15(17)18/h5-7,9,14,16H,8H2,1-4H3. The van der Waals surface area contributed by atoms with Gasteiger partial charge in [-0.3, -0.25) is 10.1 Å². The highest BCUT2D eigenvalue weighted by atomic mass is 16.6. The van der Waals surface area contributed by atoms with Gasteiger partial charge in [-0.1, -0.05) is 0 Å². The summed E-state index contributed by atoms with van der Waals surface area (Å²) in [7, 11) is 0. The van der Waals surface area contributed by atoms with Gasteiger partial charge in [0.1, 0.15) is 0 Å². The quantitative estimate of drug-likeness (QED) is 0.612. The molecule has 0 aliphatic carbocycles. The molecule has 1 aromatic carbocycles. The number of nitrogens with zero attached hydrogens (tertiary/aromatic N) is 1. The average molecular weight is 268 g/mol. The first kappa shape index (κ1) is 15.2. The molecule has 6 heteroatoms. The number of benzene rings is 1.